The fourth-order valence-corrected chi connectivity index (χ4v) is 9.94. The SMILES string of the molecule is c1ccc(-c2cn3ccc4c(-c5ccc(-c6ccc7c(-c8ccc9ccccc9c8)c8ccccc8c(-c8ccc9ccccc9c8)c7c6)cc5)nc5ccccc5c4c3n2)cc1. The molecule has 0 amide bonds. The molecule has 63 heavy (non-hydrogen) atoms. The predicted octanol–water partition coefficient (Wildman–Crippen LogP) is 16.0. The summed E-state index contributed by atoms with van der Waals surface area (Å²) in [6, 6.07) is 77.0. The first kappa shape index (κ1) is 35.4. The lowest BCUT2D eigenvalue weighted by Crippen LogP contribution is -1.93. The zero-order valence-electron chi connectivity index (χ0n) is 34.2. The molecule has 0 saturated heterocycles. The van der Waals surface area contributed by atoms with Crippen molar-refractivity contribution < 1.29 is 0 Å². The Bertz CT molecular complexity index is 3960. The highest BCUT2D eigenvalue weighted by molar-refractivity contribution is 6.23. The lowest BCUT2D eigenvalue weighted by molar-refractivity contribution is 1.20. The number of nitrogens with zero attached hydrogens (tertiary/aromatic N) is 3. The van der Waals surface area contributed by atoms with Gasteiger partial charge in [-0.3, -0.25) is 0 Å². The fraction of sp³-hybridized carbons (Fsp3) is 0. The molecule has 0 aliphatic carbocycles. The Labute approximate surface area is 363 Å². The molecule has 0 aliphatic rings. The van der Waals surface area contributed by atoms with Crippen LogP contribution < -0.4 is 0 Å². The summed E-state index contributed by atoms with van der Waals surface area (Å²) >= 11 is 0. The van der Waals surface area contributed by atoms with E-state index in [0.717, 1.165) is 55.4 Å². The summed E-state index contributed by atoms with van der Waals surface area (Å²) in [6.45, 7) is 0. The normalized spacial score (nSPS) is 11.8. The third-order valence-electron chi connectivity index (χ3n) is 12.9. The van der Waals surface area contributed by atoms with Crippen molar-refractivity contribution in [3.05, 3.63) is 225 Å². The maximum Gasteiger partial charge on any atom is 0.146 e. The lowest BCUT2D eigenvalue weighted by Gasteiger charge is -2.19. The number of benzene rings is 10. The molecular formula is C60H37N3. The number of pyridine rings is 2. The van der Waals surface area contributed by atoms with Gasteiger partial charge in [-0.15, -0.1) is 0 Å². The number of hydrogen-bond acceptors (Lipinski definition) is 2. The Hall–Kier alpha value is -8.40. The first-order valence-corrected chi connectivity index (χ1v) is 21.6. The molecule has 0 unspecified atom stereocenters. The largest absolute Gasteiger partial charge is 0.306 e. The van der Waals surface area contributed by atoms with E-state index in [0.29, 0.717) is 0 Å². The monoisotopic (exact) mass is 799 g/mol. The number of hydrogen-bond donors (Lipinski definition) is 0. The molecule has 0 aliphatic heterocycles. The zero-order valence-corrected chi connectivity index (χ0v) is 34.2. The fourth-order valence-electron chi connectivity index (χ4n) is 9.94. The minimum absolute atomic E-state index is 0.928. The van der Waals surface area contributed by atoms with Gasteiger partial charge in [-0.1, -0.05) is 182 Å². The average molecular weight is 800 g/mol. The van der Waals surface area contributed by atoms with Crippen LogP contribution in [0.4, 0.5) is 0 Å². The smallest absolute Gasteiger partial charge is 0.146 e. The molecule has 13 rings (SSSR count). The van der Waals surface area contributed by atoms with Crippen molar-refractivity contribution in [2.24, 2.45) is 0 Å². The van der Waals surface area contributed by atoms with Gasteiger partial charge in [0.1, 0.15) is 5.65 Å². The average Bonchev–Trinajstić information content (AvgIpc) is 3.80. The Morgan fingerprint density at radius 2 is 0.857 bits per heavy atom. The van der Waals surface area contributed by atoms with Crippen molar-refractivity contribution in [1.29, 1.82) is 0 Å². The summed E-state index contributed by atoms with van der Waals surface area (Å²) in [4.78, 5) is 10.5. The molecule has 0 saturated carbocycles. The van der Waals surface area contributed by atoms with E-state index in [1.807, 2.05) is 6.07 Å². The standard InChI is InChI=1S/C60H37N3/c1-2-14-41(15-3-1)55-37-63-33-32-52-58(60(63)62-55)51-20-10-11-21-54(51)61-59(52)42-26-22-40(23-27-42)45-30-31-50-53(36-45)57(47-29-25-39-13-5-7-17-44(39)35-47)49-19-9-8-18-48(49)56(50)46-28-24-38-12-4-6-16-43(38)34-46/h1-37H. The summed E-state index contributed by atoms with van der Waals surface area (Å²) in [5.74, 6) is 0. The molecule has 0 radical (unpaired) electrons. The van der Waals surface area contributed by atoms with Crippen LogP contribution in [0.15, 0.2) is 225 Å². The molecule has 0 spiro atoms. The Morgan fingerprint density at radius 1 is 0.317 bits per heavy atom. The van der Waals surface area contributed by atoms with Gasteiger partial charge in [0.25, 0.3) is 0 Å². The van der Waals surface area contributed by atoms with Crippen molar-refractivity contribution in [3.8, 4) is 55.9 Å². The van der Waals surface area contributed by atoms with Crippen LogP contribution in [0.25, 0.3) is 126 Å². The second kappa shape index (κ2) is 14.1. The maximum atomic E-state index is 5.30. The summed E-state index contributed by atoms with van der Waals surface area (Å²) in [7, 11) is 0. The van der Waals surface area contributed by atoms with E-state index in [-0.39, 0.29) is 0 Å². The number of para-hydroxylation sites is 1. The van der Waals surface area contributed by atoms with Crippen LogP contribution in [0.3, 0.4) is 0 Å². The van der Waals surface area contributed by atoms with Gasteiger partial charge in [-0.2, -0.15) is 0 Å². The third-order valence-corrected chi connectivity index (χ3v) is 12.9. The lowest BCUT2D eigenvalue weighted by atomic mass is 9.84. The van der Waals surface area contributed by atoms with Gasteiger partial charge >= 0.3 is 0 Å². The van der Waals surface area contributed by atoms with Crippen LogP contribution in [0.2, 0.25) is 0 Å². The molecule has 3 heterocycles. The van der Waals surface area contributed by atoms with Gasteiger partial charge < -0.3 is 4.40 Å². The van der Waals surface area contributed by atoms with Crippen LogP contribution in [0, 0.1) is 0 Å². The van der Waals surface area contributed by atoms with E-state index in [1.165, 1.54) is 70.9 Å². The van der Waals surface area contributed by atoms with Crippen LogP contribution in [0.1, 0.15) is 0 Å². The van der Waals surface area contributed by atoms with Crippen molar-refractivity contribution in [2.75, 3.05) is 0 Å². The summed E-state index contributed by atoms with van der Waals surface area (Å²) < 4.78 is 2.14. The van der Waals surface area contributed by atoms with Crippen LogP contribution in [-0.4, -0.2) is 14.4 Å². The van der Waals surface area contributed by atoms with Crippen LogP contribution in [0.5, 0.6) is 0 Å². The van der Waals surface area contributed by atoms with E-state index in [4.69, 9.17) is 9.97 Å². The van der Waals surface area contributed by atoms with Gasteiger partial charge in [-0.05, 0) is 107 Å². The van der Waals surface area contributed by atoms with Gasteiger partial charge in [0.2, 0.25) is 0 Å². The molecule has 3 aromatic heterocycles. The van der Waals surface area contributed by atoms with E-state index in [1.54, 1.807) is 0 Å². The predicted molar refractivity (Wildman–Crippen MR) is 265 cm³/mol. The minimum atomic E-state index is 0.928. The second-order valence-corrected chi connectivity index (χ2v) is 16.6. The highest BCUT2D eigenvalue weighted by Gasteiger charge is 2.20. The molecule has 3 heteroatoms. The number of imidazole rings is 1. The Kier molecular flexibility index (Phi) is 7.91. The maximum absolute atomic E-state index is 5.30. The number of rotatable bonds is 5. The molecule has 292 valence electrons. The van der Waals surface area contributed by atoms with E-state index in [9.17, 15) is 0 Å². The molecule has 10 aromatic carbocycles. The van der Waals surface area contributed by atoms with E-state index >= 15 is 0 Å². The zero-order chi connectivity index (χ0) is 41.4. The molecule has 3 nitrogen and oxygen atoms in total. The van der Waals surface area contributed by atoms with Crippen molar-refractivity contribution in [2.45, 2.75) is 0 Å². The number of fused-ring (bicyclic) bond motifs is 9. The van der Waals surface area contributed by atoms with Crippen molar-refractivity contribution in [3.63, 3.8) is 0 Å². The molecule has 0 bridgehead atoms. The summed E-state index contributed by atoms with van der Waals surface area (Å²) in [5.41, 5.74) is 13.2. The van der Waals surface area contributed by atoms with Gasteiger partial charge in [-0.25, -0.2) is 9.97 Å². The van der Waals surface area contributed by atoms with Gasteiger partial charge in [0.05, 0.1) is 16.9 Å². The Balaban J connectivity index is 0.997. The number of aromatic nitrogens is 3. The van der Waals surface area contributed by atoms with Gasteiger partial charge in [0, 0.05) is 39.7 Å². The summed E-state index contributed by atoms with van der Waals surface area (Å²) in [6.07, 6.45) is 4.24. The first-order chi connectivity index (χ1) is 31.2. The van der Waals surface area contributed by atoms with E-state index < -0.39 is 0 Å². The molecule has 0 N–H and O–H groups in total. The minimum Gasteiger partial charge on any atom is -0.306 e. The van der Waals surface area contributed by atoms with Crippen molar-refractivity contribution >= 4 is 70.4 Å². The first-order valence-electron chi connectivity index (χ1n) is 21.6. The van der Waals surface area contributed by atoms with Crippen LogP contribution >= 0.6 is 0 Å². The van der Waals surface area contributed by atoms with E-state index in [2.05, 4.69) is 223 Å². The third kappa shape index (κ3) is 5.75. The van der Waals surface area contributed by atoms with Gasteiger partial charge in [0.15, 0.2) is 0 Å². The van der Waals surface area contributed by atoms with Crippen molar-refractivity contribution in [1.82, 2.24) is 14.4 Å². The molecule has 0 atom stereocenters. The van der Waals surface area contributed by atoms with Crippen LogP contribution in [-0.2, 0) is 0 Å². The summed E-state index contributed by atoms with van der Waals surface area (Å²) in [5, 5.41) is 13.2. The molecular weight excluding hydrogens is 763 g/mol. The topological polar surface area (TPSA) is 30.2 Å². The molecule has 13 aromatic rings. The second-order valence-electron chi connectivity index (χ2n) is 16.6. The Morgan fingerprint density at radius 3 is 1.56 bits per heavy atom. The highest BCUT2D eigenvalue weighted by atomic mass is 15.0. The molecule has 0 fully saturated rings. The highest BCUT2D eigenvalue weighted by Crippen LogP contribution is 2.46. The quantitative estimate of drug-likeness (QED) is 0.128.